The number of carbonyl (C=O) groups is 1. The number of para-hydroxylation sites is 1. The molecule has 0 saturated carbocycles. The van der Waals surface area contributed by atoms with Crippen LogP contribution in [0.3, 0.4) is 0 Å². The molecule has 9 heteroatoms. The third-order valence-electron chi connectivity index (χ3n) is 7.56. The standard InChI is InChI=1S/C34H32N6O2S/c1-22-16-18-36-30(19-22)39-23(2)20-28(24(39)3)33-32(29-11-7-8-17-35-29)38-34(43)40(33)26-14-12-25(13-15-26)37-31(41)21-42-27-9-5-4-6-10-27/h4-20,32-33H,21H2,1-3H3,(H,37,41)(H,38,43)/t32-,33+/m1/s1. The number of aryl methyl sites for hydroxylation is 2. The van der Waals surface area contributed by atoms with Gasteiger partial charge in [-0.2, -0.15) is 0 Å². The van der Waals surface area contributed by atoms with E-state index < -0.39 is 0 Å². The van der Waals surface area contributed by atoms with E-state index in [0.717, 1.165) is 39.7 Å². The molecule has 0 unspecified atom stereocenters. The van der Waals surface area contributed by atoms with E-state index in [1.165, 1.54) is 0 Å². The maximum atomic E-state index is 12.5. The Hall–Kier alpha value is -5.02. The maximum Gasteiger partial charge on any atom is 0.262 e. The average Bonchev–Trinajstić information content (AvgIpc) is 3.52. The number of ether oxygens (including phenoxy) is 1. The summed E-state index contributed by atoms with van der Waals surface area (Å²) < 4.78 is 7.77. The smallest absolute Gasteiger partial charge is 0.262 e. The molecule has 0 spiro atoms. The summed E-state index contributed by atoms with van der Waals surface area (Å²) in [6.07, 6.45) is 3.64. The average molecular weight is 589 g/mol. The van der Waals surface area contributed by atoms with Gasteiger partial charge in [0, 0.05) is 35.2 Å². The monoisotopic (exact) mass is 588 g/mol. The normalized spacial score (nSPS) is 16.2. The van der Waals surface area contributed by atoms with E-state index in [0.29, 0.717) is 16.5 Å². The predicted octanol–water partition coefficient (Wildman–Crippen LogP) is 6.39. The van der Waals surface area contributed by atoms with Crippen molar-refractivity contribution in [3.63, 3.8) is 0 Å². The number of nitrogens with zero attached hydrogens (tertiary/aromatic N) is 4. The van der Waals surface area contributed by atoms with Crippen molar-refractivity contribution in [2.45, 2.75) is 32.9 Å². The first-order chi connectivity index (χ1) is 20.9. The molecule has 3 aromatic heterocycles. The van der Waals surface area contributed by atoms with Crippen LogP contribution in [-0.2, 0) is 4.79 Å². The van der Waals surface area contributed by atoms with Gasteiger partial charge in [0.05, 0.1) is 17.8 Å². The first-order valence-electron chi connectivity index (χ1n) is 14.1. The van der Waals surface area contributed by atoms with E-state index in [2.05, 4.69) is 63.0 Å². The Morgan fingerprint density at radius 1 is 0.930 bits per heavy atom. The van der Waals surface area contributed by atoms with E-state index in [-0.39, 0.29) is 24.6 Å². The molecule has 5 aromatic rings. The fourth-order valence-electron chi connectivity index (χ4n) is 5.60. The summed E-state index contributed by atoms with van der Waals surface area (Å²) in [6, 6.07) is 28.8. The molecule has 8 nitrogen and oxygen atoms in total. The van der Waals surface area contributed by atoms with Crippen LogP contribution < -0.4 is 20.3 Å². The van der Waals surface area contributed by atoms with Crippen LogP contribution in [0.2, 0.25) is 0 Å². The van der Waals surface area contributed by atoms with Crippen molar-refractivity contribution < 1.29 is 9.53 Å². The molecule has 0 bridgehead atoms. The third kappa shape index (κ3) is 5.85. The lowest BCUT2D eigenvalue weighted by Gasteiger charge is -2.28. The lowest BCUT2D eigenvalue weighted by atomic mass is 9.96. The zero-order valence-electron chi connectivity index (χ0n) is 24.2. The van der Waals surface area contributed by atoms with Crippen LogP contribution in [0.4, 0.5) is 11.4 Å². The Bertz CT molecular complexity index is 1760. The van der Waals surface area contributed by atoms with Gasteiger partial charge in [-0.15, -0.1) is 0 Å². The van der Waals surface area contributed by atoms with Gasteiger partial charge in [0.15, 0.2) is 11.7 Å². The van der Waals surface area contributed by atoms with Gasteiger partial charge in [0.1, 0.15) is 11.6 Å². The summed E-state index contributed by atoms with van der Waals surface area (Å²) in [6.45, 7) is 6.21. The zero-order valence-corrected chi connectivity index (χ0v) is 25.0. The van der Waals surface area contributed by atoms with Gasteiger partial charge in [-0.05, 0) is 111 Å². The van der Waals surface area contributed by atoms with Gasteiger partial charge in [-0.25, -0.2) is 4.98 Å². The van der Waals surface area contributed by atoms with Crippen LogP contribution in [0, 0.1) is 20.8 Å². The molecule has 2 atom stereocenters. The highest BCUT2D eigenvalue weighted by Crippen LogP contribution is 2.43. The van der Waals surface area contributed by atoms with Crippen LogP contribution in [0.5, 0.6) is 5.75 Å². The highest BCUT2D eigenvalue weighted by atomic mass is 32.1. The van der Waals surface area contributed by atoms with Gasteiger partial charge in [-0.3, -0.25) is 9.78 Å². The van der Waals surface area contributed by atoms with Crippen LogP contribution in [0.1, 0.15) is 40.3 Å². The molecule has 2 N–H and O–H groups in total. The first-order valence-corrected chi connectivity index (χ1v) is 14.5. The molecule has 0 radical (unpaired) electrons. The number of hydrogen-bond donors (Lipinski definition) is 2. The Labute approximate surface area is 256 Å². The fourth-order valence-corrected chi connectivity index (χ4v) is 5.95. The SMILES string of the molecule is Cc1ccnc(-n2c(C)cc([C@H]3[C@@H](c4ccccn4)NC(=S)N3c3ccc(NC(=O)COc4ccccc4)cc3)c2C)c1. The molecule has 216 valence electrons. The van der Waals surface area contributed by atoms with E-state index in [1.54, 1.807) is 6.20 Å². The quantitative estimate of drug-likeness (QED) is 0.203. The number of anilines is 2. The summed E-state index contributed by atoms with van der Waals surface area (Å²) in [5, 5.41) is 7.05. The fraction of sp³-hybridized carbons (Fsp3) is 0.176. The molecular formula is C34H32N6O2S. The minimum atomic E-state index is -0.236. The number of aromatic nitrogens is 3. The van der Waals surface area contributed by atoms with Crippen LogP contribution in [-0.4, -0.2) is 32.2 Å². The maximum absolute atomic E-state index is 12.5. The number of thiocarbonyl (C=S) groups is 1. The van der Waals surface area contributed by atoms with E-state index in [1.807, 2.05) is 85.1 Å². The largest absolute Gasteiger partial charge is 0.484 e. The van der Waals surface area contributed by atoms with Gasteiger partial charge in [0.2, 0.25) is 0 Å². The van der Waals surface area contributed by atoms with Crippen molar-refractivity contribution in [1.29, 1.82) is 0 Å². The number of carbonyl (C=O) groups excluding carboxylic acids is 1. The second-order valence-electron chi connectivity index (χ2n) is 10.5. The second kappa shape index (κ2) is 12.1. The Morgan fingerprint density at radius 2 is 1.70 bits per heavy atom. The zero-order chi connectivity index (χ0) is 29.9. The summed E-state index contributed by atoms with van der Waals surface area (Å²) in [5.74, 6) is 1.29. The number of rotatable bonds is 8. The summed E-state index contributed by atoms with van der Waals surface area (Å²) in [5.41, 5.74) is 6.91. The molecule has 6 rings (SSSR count). The minimum Gasteiger partial charge on any atom is -0.484 e. The first kappa shape index (κ1) is 28.1. The summed E-state index contributed by atoms with van der Waals surface area (Å²) in [4.78, 5) is 24.0. The van der Waals surface area contributed by atoms with Crippen LogP contribution in [0.25, 0.3) is 5.82 Å². The van der Waals surface area contributed by atoms with Crippen LogP contribution in [0.15, 0.2) is 103 Å². The third-order valence-corrected chi connectivity index (χ3v) is 7.87. The van der Waals surface area contributed by atoms with Crippen molar-refractivity contribution >= 4 is 34.6 Å². The highest BCUT2D eigenvalue weighted by molar-refractivity contribution is 7.80. The Balaban J connectivity index is 1.31. The topological polar surface area (TPSA) is 84.3 Å². The Morgan fingerprint density at radius 3 is 2.42 bits per heavy atom. The summed E-state index contributed by atoms with van der Waals surface area (Å²) in [7, 11) is 0. The van der Waals surface area contributed by atoms with Crippen molar-refractivity contribution in [2.75, 3.05) is 16.8 Å². The van der Waals surface area contributed by atoms with Crippen molar-refractivity contribution in [3.8, 4) is 11.6 Å². The predicted molar refractivity (Wildman–Crippen MR) is 173 cm³/mol. The molecule has 0 aliphatic carbocycles. The Kier molecular flexibility index (Phi) is 7.89. The number of hydrogen-bond acceptors (Lipinski definition) is 5. The molecule has 1 aliphatic rings. The number of amides is 1. The minimum absolute atomic E-state index is 0.0782. The molecule has 1 saturated heterocycles. The lowest BCUT2D eigenvalue weighted by Crippen LogP contribution is -2.29. The molecule has 1 aliphatic heterocycles. The van der Waals surface area contributed by atoms with Crippen molar-refractivity contribution in [2.24, 2.45) is 0 Å². The molecule has 1 amide bonds. The molecule has 4 heterocycles. The highest BCUT2D eigenvalue weighted by Gasteiger charge is 2.42. The van der Waals surface area contributed by atoms with Crippen molar-refractivity contribution in [3.05, 3.63) is 132 Å². The van der Waals surface area contributed by atoms with E-state index in [4.69, 9.17) is 17.0 Å². The molecule has 43 heavy (non-hydrogen) atoms. The molecular weight excluding hydrogens is 556 g/mol. The van der Waals surface area contributed by atoms with Gasteiger partial charge in [-0.1, -0.05) is 24.3 Å². The molecule has 2 aromatic carbocycles. The second-order valence-corrected chi connectivity index (χ2v) is 10.9. The lowest BCUT2D eigenvalue weighted by molar-refractivity contribution is -0.118. The van der Waals surface area contributed by atoms with E-state index >= 15 is 0 Å². The number of pyridine rings is 2. The van der Waals surface area contributed by atoms with Gasteiger partial charge >= 0.3 is 0 Å². The summed E-state index contributed by atoms with van der Waals surface area (Å²) >= 11 is 5.94. The number of benzene rings is 2. The van der Waals surface area contributed by atoms with Crippen LogP contribution >= 0.6 is 12.2 Å². The van der Waals surface area contributed by atoms with E-state index in [9.17, 15) is 4.79 Å². The van der Waals surface area contributed by atoms with Gasteiger partial charge < -0.3 is 24.8 Å². The molecule has 1 fully saturated rings. The van der Waals surface area contributed by atoms with Crippen molar-refractivity contribution in [1.82, 2.24) is 19.9 Å². The van der Waals surface area contributed by atoms with Gasteiger partial charge in [0.25, 0.3) is 5.91 Å². The number of nitrogens with one attached hydrogen (secondary N) is 2.